The summed E-state index contributed by atoms with van der Waals surface area (Å²) in [4.78, 5) is 27.5. The molecule has 11 nitrogen and oxygen atoms in total. The molecule has 0 aliphatic carbocycles. The minimum Gasteiger partial charge on any atom is -0.508 e. The Morgan fingerprint density at radius 1 is 0.822 bits per heavy atom. The monoisotopic (exact) mass is 621 g/mol. The Balaban J connectivity index is 1.15. The molecule has 1 saturated heterocycles. The van der Waals surface area contributed by atoms with Crippen molar-refractivity contribution in [1.82, 2.24) is 20.2 Å². The molecule has 2 aliphatic rings. The van der Waals surface area contributed by atoms with Crippen LogP contribution >= 0.6 is 11.8 Å². The number of anilines is 1. The first kappa shape index (κ1) is 28.9. The number of hydrogen-bond donors (Lipinski definition) is 2. The fraction of sp³-hybridized carbons (Fsp3) is 0.182. The number of fused-ring (bicyclic) bond motifs is 1. The van der Waals surface area contributed by atoms with E-state index < -0.39 is 6.29 Å². The second-order valence-electron chi connectivity index (χ2n) is 10.6. The van der Waals surface area contributed by atoms with Crippen molar-refractivity contribution in [1.29, 1.82) is 0 Å². The molecular weight excluding hydrogens is 594 g/mol. The summed E-state index contributed by atoms with van der Waals surface area (Å²) in [5, 5.41) is 31.9. The zero-order chi connectivity index (χ0) is 30.9. The maximum atomic E-state index is 13.2. The van der Waals surface area contributed by atoms with Crippen LogP contribution in [-0.2, 0) is 16.1 Å². The molecule has 4 aromatic carbocycles. The number of aliphatic hydroxyl groups is 1. The summed E-state index contributed by atoms with van der Waals surface area (Å²) >= 11 is 1.43. The van der Waals surface area contributed by atoms with Gasteiger partial charge in [0.25, 0.3) is 11.8 Å². The van der Waals surface area contributed by atoms with Gasteiger partial charge < -0.3 is 19.7 Å². The van der Waals surface area contributed by atoms with Gasteiger partial charge in [-0.05, 0) is 70.1 Å². The van der Waals surface area contributed by atoms with Gasteiger partial charge in [-0.3, -0.25) is 9.59 Å². The van der Waals surface area contributed by atoms with E-state index in [0.29, 0.717) is 45.4 Å². The summed E-state index contributed by atoms with van der Waals surface area (Å²) in [6.07, 6.45) is -0.877. The summed E-state index contributed by atoms with van der Waals surface area (Å²) in [5.41, 5.74) is 4.26. The normalized spacial score (nSPS) is 19.6. The van der Waals surface area contributed by atoms with E-state index in [9.17, 15) is 19.8 Å². The number of carbonyl (C=O) groups excluding carboxylic acids is 2. The first-order valence-corrected chi connectivity index (χ1v) is 15.3. The van der Waals surface area contributed by atoms with E-state index in [1.54, 1.807) is 71.4 Å². The Morgan fingerprint density at radius 2 is 1.56 bits per heavy atom. The molecule has 2 N–H and O–H groups in total. The van der Waals surface area contributed by atoms with Crippen LogP contribution < -0.4 is 4.90 Å². The van der Waals surface area contributed by atoms with E-state index in [1.807, 2.05) is 30.3 Å². The van der Waals surface area contributed by atoms with Crippen molar-refractivity contribution < 1.29 is 29.3 Å². The van der Waals surface area contributed by atoms with Gasteiger partial charge in [-0.1, -0.05) is 60.3 Å². The van der Waals surface area contributed by atoms with Crippen LogP contribution in [0.15, 0.2) is 102 Å². The number of phenols is 1. The third-order valence-corrected chi connectivity index (χ3v) is 8.79. The molecule has 0 unspecified atom stereocenters. The number of hydrogen-bond acceptors (Lipinski definition) is 10. The van der Waals surface area contributed by atoms with Crippen molar-refractivity contribution in [3.63, 3.8) is 0 Å². The number of phenolic OH excluding ortho intramolecular Hbond substituents is 1. The molecule has 0 saturated carbocycles. The number of nitrogens with zero attached hydrogens (tertiary/aromatic N) is 5. The lowest BCUT2D eigenvalue weighted by Crippen LogP contribution is -2.32. The molecule has 5 aromatic rings. The van der Waals surface area contributed by atoms with Gasteiger partial charge in [-0.25, -0.2) is 4.90 Å². The van der Waals surface area contributed by atoms with Crippen LogP contribution in [0.4, 0.5) is 5.69 Å². The zero-order valence-corrected chi connectivity index (χ0v) is 24.6. The highest BCUT2D eigenvalue weighted by atomic mass is 32.2. The number of benzene rings is 4. The highest BCUT2D eigenvalue weighted by molar-refractivity contribution is 7.99. The highest BCUT2D eigenvalue weighted by Crippen LogP contribution is 2.40. The van der Waals surface area contributed by atoms with E-state index in [1.165, 1.54) is 16.7 Å². The lowest BCUT2D eigenvalue weighted by Gasteiger charge is -2.36. The number of amides is 2. The third kappa shape index (κ3) is 5.71. The number of tetrazole rings is 1. The molecule has 3 atom stereocenters. The van der Waals surface area contributed by atoms with Gasteiger partial charge in [0, 0.05) is 17.7 Å². The zero-order valence-electron chi connectivity index (χ0n) is 23.8. The van der Waals surface area contributed by atoms with Crippen LogP contribution in [0.2, 0.25) is 0 Å². The minimum absolute atomic E-state index is 0.0584. The summed E-state index contributed by atoms with van der Waals surface area (Å²) < 4.78 is 14.6. The topological polar surface area (TPSA) is 140 Å². The number of aromatic hydroxyl groups is 1. The van der Waals surface area contributed by atoms with E-state index in [0.717, 1.165) is 11.1 Å². The SMILES string of the molecule is O=C1c2ccccc2C(=O)N1c1cccc([C@H]2O[C@@H](CSc3nnnn3-c3ccc(O)cc3)C[C@@H](c3ccc(CO)cc3)O2)c1. The smallest absolute Gasteiger partial charge is 0.266 e. The lowest BCUT2D eigenvalue weighted by molar-refractivity contribution is -0.245. The van der Waals surface area contributed by atoms with Crippen molar-refractivity contribution in [3.05, 3.63) is 125 Å². The van der Waals surface area contributed by atoms with Crippen LogP contribution in [0.5, 0.6) is 5.75 Å². The Hall–Kier alpha value is -4.88. The van der Waals surface area contributed by atoms with Crippen LogP contribution in [0, 0.1) is 0 Å². The molecule has 0 bridgehead atoms. The van der Waals surface area contributed by atoms with Crippen molar-refractivity contribution in [2.75, 3.05) is 10.7 Å². The van der Waals surface area contributed by atoms with Crippen molar-refractivity contribution in [3.8, 4) is 11.4 Å². The quantitative estimate of drug-likeness (QED) is 0.180. The number of aliphatic hydroxyl groups excluding tert-OH is 1. The Morgan fingerprint density at radius 3 is 2.27 bits per heavy atom. The standard InChI is InChI=1S/C33H27N5O6S/c39-18-20-8-10-21(11-9-20)29-17-26(19-45-33-34-35-36-38(33)23-12-14-25(40)15-13-23)43-32(44-29)22-4-3-5-24(16-22)37-30(41)27-6-1-2-7-28(27)31(37)42/h1-16,26,29,32,39-40H,17-19H2/t26-,29+,32+/m1/s1. The van der Waals surface area contributed by atoms with Gasteiger partial charge in [-0.15, -0.1) is 5.10 Å². The Labute approximate surface area is 262 Å². The molecule has 12 heteroatoms. The molecule has 2 aliphatic heterocycles. The number of thioether (sulfide) groups is 1. The maximum absolute atomic E-state index is 13.2. The van der Waals surface area contributed by atoms with E-state index in [2.05, 4.69) is 15.5 Å². The summed E-state index contributed by atoms with van der Waals surface area (Å²) in [6.45, 7) is -0.0584. The first-order chi connectivity index (χ1) is 22.0. The van der Waals surface area contributed by atoms with Crippen molar-refractivity contribution in [2.24, 2.45) is 0 Å². The molecule has 226 valence electrons. The molecule has 1 fully saturated rings. The van der Waals surface area contributed by atoms with Crippen LogP contribution in [0.3, 0.4) is 0 Å². The number of ether oxygens (including phenoxy) is 2. The Kier molecular flexibility index (Phi) is 7.86. The fourth-order valence-corrected chi connectivity index (χ4v) is 6.36. The van der Waals surface area contributed by atoms with Gasteiger partial charge in [0.1, 0.15) is 5.75 Å². The van der Waals surface area contributed by atoms with Gasteiger partial charge in [-0.2, -0.15) is 4.68 Å². The third-order valence-electron chi connectivity index (χ3n) is 7.74. The maximum Gasteiger partial charge on any atom is 0.266 e. The predicted octanol–water partition coefficient (Wildman–Crippen LogP) is 5.00. The van der Waals surface area contributed by atoms with Crippen molar-refractivity contribution >= 4 is 29.3 Å². The first-order valence-electron chi connectivity index (χ1n) is 14.3. The number of carbonyl (C=O) groups is 2. The lowest BCUT2D eigenvalue weighted by atomic mass is 10.0. The van der Waals surface area contributed by atoms with Gasteiger partial charge in [0.15, 0.2) is 6.29 Å². The average Bonchev–Trinajstić information content (AvgIpc) is 3.66. The largest absolute Gasteiger partial charge is 0.508 e. The second-order valence-corrected chi connectivity index (χ2v) is 11.6. The number of aromatic nitrogens is 4. The van der Waals surface area contributed by atoms with Gasteiger partial charge >= 0.3 is 0 Å². The minimum atomic E-state index is -0.796. The fourth-order valence-electron chi connectivity index (χ4n) is 5.45. The second kappa shape index (κ2) is 12.3. The molecule has 0 radical (unpaired) electrons. The molecule has 7 rings (SSSR count). The van der Waals surface area contributed by atoms with E-state index in [-0.39, 0.29) is 36.4 Å². The Bertz CT molecular complexity index is 1830. The van der Waals surface area contributed by atoms with E-state index in [4.69, 9.17) is 9.47 Å². The number of rotatable bonds is 8. The predicted molar refractivity (Wildman–Crippen MR) is 164 cm³/mol. The molecular formula is C33H27N5O6S. The van der Waals surface area contributed by atoms with E-state index >= 15 is 0 Å². The average molecular weight is 622 g/mol. The van der Waals surface area contributed by atoms with Crippen LogP contribution in [0.25, 0.3) is 5.69 Å². The van der Waals surface area contributed by atoms with Gasteiger partial charge in [0.2, 0.25) is 5.16 Å². The van der Waals surface area contributed by atoms with Gasteiger partial charge in [0.05, 0.1) is 41.3 Å². The summed E-state index contributed by atoms with van der Waals surface area (Å²) in [5.74, 6) is -0.101. The molecule has 2 amide bonds. The van der Waals surface area contributed by atoms with Crippen LogP contribution in [0.1, 0.15) is 56.2 Å². The molecule has 0 spiro atoms. The number of imide groups is 1. The van der Waals surface area contributed by atoms with Crippen LogP contribution in [-0.4, -0.2) is 54.1 Å². The molecule has 1 aromatic heterocycles. The summed E-state index contributed by atoms with van der Waals surface area (Å²) in [6, 6.07) is 28.1. The van der Waals surface area contributed by atoms with Crippen molar-refractivity contribution in [2.45, 2.75) is 36.7 Å². The highest BCUT2D eigenvalue weighted by Gasteiger charge is 2.37. The molecule has 3 heterocycles. The summed E-state index contributed by atoms with van der Waals surface area (Å²) in [7, 11) is 0. The molecule has 45 heavy (non-hydrogen) atoms.